The van der Waals surface area contributed by atoms with Crippen LogP contribution in [0.2, 0.25) is 5.02 Å². The Bertz CT molecular complexity index is 780. The number of aromatic nitrogens is 6. The van der Waals surface area contributed by atoms with Crippen molar-refractivity contribution in [3.63, 3.8) is 0 Å². The molecule has 0 fully saturated rings. The predicted molar refractivity (Wildman–Crippen MR) is 78.4 cm³/mol. The highest BCUT2D eigenvalue weighted by Gasteiger charge is 2.11. The summed E-state index contributed by atoms with van der Waals surface area (Å²) in [7, 11) is 0. The number of nitrogen functional groups attached to an aromatic ring is 1. The molecule has 8 nitrogen and oxygen atoms in total. The second kappa shape index (κ2) is 5.62. The fraction of sp³-hybridized carbons (Fsp3) is 0. The van der Waals surface area contributed by atoms with Gasteiger partial charge in [0.05, 0.1) is 4.47 Å². The van der Waals surface area contributed by atoms with Crippen molar-refractivity contribution >= 4 is 33.5 Å². The molecule has 0 spiro atoms. The molecule has 0 saturated carbocycles. The second-order valence-electron chi connectivity index (χ2n) is 3.79. The maximum atomic E-state index is 5.87. The zero-order valence-corrected chi connectivity index (χ0v) is 12.7. The van der Waals surface area contributed by atoms with Crippen LogP contribution < -0.4 is 10.5 Å². The first-order valence-electron chi connectivity index (χ1n) is 5.61. The van der Waals surface area contributed by atoms with Gasteiger partial charge in [-0.15, -0.1) is 0 Å². The van der Waals surface area contributed by atoms with Crippen LogP contribution in [0.3, 0.4) is 0 Å². The molecule has 0 atom stereocenters. The predicted octanol–water partition coefficient (Wildman–Crippen LogP) is 2.24. The fourth-order valence-electron chi connectivity index (χ4n) is 1.48. The van der Waals surface area contributed by atoms with Gasteiger partial charge >= 0.3 is 6.01 Å². The van der Waals surface area contributed by atoms with E-state index in [1.54, 1.807) is 18.2 Å². The van der Waals surface area contributed by atoms with Gasteiger partial charge in [-0.25, -0.2) is 4.98 Å². The lowest BCUT2D eigenvalue weighted by molar-refractivity contribution is 0.436. The third-order valence-electron chi connectivity index (χ3n) is 2.34. The van der Waals surface area contributed by atoms with E-state index in [9.17, 15) is 0 Å². The molecule has 0 aliphatic carbocycles. The summed E-state index contributed by atoms with van der Waals surface area (Å²) in [5, 5.41) is 4.50. The number of halogens is 2. The van der Waals surface area contributed by atoms with Crippen LogP contribution in [0.1, 0.15) is 0 Å². The van der Waals surface area contributed by atoms with Gasteiger partial charge in [-0.3, -0.25) is 0 Å². The van der Waals surface area contributed by atoms with E-state index in [-0.39, 0.29) is 17.9 Å². The van der Waals surface area contributed by atoms with Gasteiger partial charge < -0.3 is 10.5 Å². The Morgan fingerprint density at radius 2 is 2.10 bits per heavy atom. The number of hydrogen-bond acceptors (Lipinski definition) is 7. The maximum absolute atomic E-state index is 5.87. The molecule has 106 valence electrons. The highest BCUT2D eigenvalue weighted by atomic mass is 79.9. The molecule has 1 aromatic carbocycles. The molecule has 0 saturated heterocycles. The summed E-state index contributed by atoms with van der Waals surface area (Å²) in [5.41, 5.74) is 5.64. The number of rotatable bonds is 3. The number of ether oxygens (including phenoxy) is 1. The first-order chi connectivity index (χ1) is 10.1. The van der Waals surface area contributed by atoms with E-state index >= 15 is 0 Å². The van der Waals surface area contributed by atoms with Gasteiger partial charge in [0.15, 0.2) is 0 Å². The van der Waals surface area contributed by atoms with Crippen LogP contribution in [0.25, 0.3) is 5.95 Å². The molecule has 3 aromatic rings. The van der Waals surface area contributed by atoms with Crippen molar-refractivity contribution < 1.29 is 4.74 Å². The fourth-order valence-corrected chi connectivity index (χ4v) is 2.24. The van der Waals surface area contributed by atoms with Gasteiger partial charge in [0.1, 0.15) is 18.4 Å². The van der Waals surface area contributed by atoms with E-state index in [1.807, 2.05) is 0 Å². The van der Waals surface area contributed by atoms with Crippen molar-refractivity contribution in [2.75, 3.05) is 5.73 Å². The van der Waals surface area contributed by atoms with Crippen molar-refractivity contribution in [1.82, 2.24) is 29.7 Å². The third kappa shape index (κ3) is 3.09. The molecule has 0 amide bonds. The van der Waals surface area contributed by atoms with Crippen LogP contribution in [-0.2, 0) is 0 Å². The van der Waals surface area contributed by atoms with Gasteiger partial charge in [0.2, 0.25) is 5.95 Å². The lowest BCUT2D eigenvalue weighted by atomic mass is 10.3. The second-order valence-corrected chi connectivity index (χ2v) is 5.08. The molecule has 0 bridgehead atoms. The highest BCUT2D eigenvalue weighted by Crippen LogP contribution is 2.30. The van der Waals surface area contributed by atoms with Crippen LogP contribution in [0.15, 0.2) is 35.3 Å². The summed E-state index contributed by atoms with van der Waals surface area (Å²) in [4.78, 5) is 15.8. The molecular formula is C11H7BrClN7O. The van der Waals surface area contributed by atoms with Gasteiger partial charge in [-0.1, -0.05) is 11.6 Å². The monoisotopic (exact) mass is 367 g/mol. The summed E-state index contributed by atoms with van der Waals surface area (Å²) in [6.45, 7) is 0. The van der Waals surface area contributed by atoms with Gasteiger partial charge in [0, 0.05) is 5.02 Å². The van der Waals surface area contributed by atoms with Crippen molar-refractivity contribution in [3.8, 4) is 17.7 Å². The number of nitrogens with two attached hydrogens (primary N) is 1. The molecule has 2 N–H and O–H groups in total. The van der Waals surface area contributed by atoms with Crippen molar-refractivity contribution in [1.29, 1.82) is 0 Å². The Morgan fingerprint density at radius 3 is 2.81 bits per heavy atom. The summed E-state index contributed by atoms with van der Waals surface area (Å²) in [6.07, 6.45) is 2.80. The largest absolute Gasteiger partial charge is 0.423 e. The summed E-state index contributed by atoms with van der Waals surface area (Å²) < 4.78 is 7.59. The van der Waals surface area contributed by atoms with E-state index < -0.39 is 0 Å². The standard InChI is InChI=1S/C11H7BrClN7O/c12-7-3-6(13)1-2-8(7)21-11-18-9(14)17-10(19-11)20-5-15-4-16-20/h1-5H,(H2,14,17,18,19). The average Bonchev–Trinajstić information content (AvgIpc) is 2.95. The minimum atomic E-state index is 0.00980. The number of anilines is 1. The Morgan fingerprint density at radius 1 is 1.24 bits per heavy atom. The highest BCUT2D eigenvalue weighted by molar-refractivity contribution is 9.10. The Labute approximate surface area is 132 Å². The first-order valence-corrected chi connectivity index (χ1v) is 6.78. The van der Waals surface area contributed by atoms with E-state index in [4.69, 9.17) is 22.1 Å². The van der Waals surface area contributed by atoms with Crippen LogP contribution >= 0.6 is 27.5 Å². The number of benzene rings is 1. The minimum Gasteiger partial charge on any atom is -0.423 e. The Kier molecular flexibility index (Phi) is 3.67. The minimum absolute atomic E-state index is 0.00980. The lowest BCUT2D eigenvalue weighted by Gasteiger charge is -2.07. The van der Waals surface area contributed by atoms with Gasteiger partial charge in [-0.2, -0.15) is 24.7 Å². The zero-order valence-electron chi connectivity index (χ0n) is 10.3. The molecule has 2 aromatic heterocycles. The van der Waals surface area contributed by atoms with E-state index in [0.717, 1.165) is 0 Å². The molecule has 0 radical (unpaired) electrons. The van der Waals surface area contributed by atoms with Crippen molar-refractivity contribution in [3.05, 3.63) is 40.3 Å². The van der Waals surface area contributed by atoms with E-state index in [0.29, 0.717) is 15.2 Å². The molecule has 3 rings (SSSR count). The third-order valence-corrected chi connectivity index (χ3v) is 3.19. The van der Waals surface area contributed by atoms with Gasteiger partial charge in [0.25, 0.3) is 5.95 Å². The molecule has 10 heteroatoms. The van der Waals surface area contributed by atoms with Crippen molar-refractivity contribution in [2.24, 2.45) is 0 Å². The van der Waals surface area contributed by atoms with Crippen LogP contribution in [-0.4, -0.2) is 29.7 Å². The van der Waals surface area contributed by atoms with Crippen molar-refractivity contribution in [2.45, 2.75) is 0 Å². The van der Waals surface area contributed by atoms with E-state index in [1.165, 1.54) is 17.3 Å². The molecular weight excluding hydrogens is 362 g/mol. The van der Waals surface area contributed by atoms with Crippen LogP contribution in [0.5, 0.6) is 11.8 Å². The quantitative estimate of drug-likeness (QED) is 0.756. The topological polar surface area (TPSA) is 105 Å². The summed E-state index contributed by atoms with van der Waals surface area (Å²) in [5.74, 6) is 0.713. The zero-order chi connectivity index (χ0) is 14.8. The van der Waals surface area contributed by atoms with E-state index in [2.05, 4.69) is 41.0 Å². The first kappa shape index (κ1) is 13.7. The SMILES string of the molecule is Nc1nc(Oc2ccc(Cl)cc2Br)nc(-n2cncn2)n1. The normalized spacial score (nSPS) is 10.6. The molecule has 21 heavy (non-hydrogen) atoms. The molecule has 0 aliphatic heterocycles. The van der Waals surface area contributed by atoms with Crippen LogP contribution in [0, 0.1) is 0 Å². The smallest absolute Gasteiger partial charge is 0.328 e. The molecule has 2 heterocycles. The Balaban J connectivity index is 1.95. The maximum Gasteiger partial charge on any atom is 0.328 e. The Hall–Kier alpha value is -2.26. The average molecular weight is 369 g/mol. The van der Waals surface area contributed by atoms with Gasteiger partial charge in [-0.05, 0) is 34.1 Å². The summed E-state index contributed by atoms with van der Waals surface area (Å²) in [6, 6.07) is 5.10. The number of nitrogens with zero attached hydrogens (tertiary/aromatic N) is 6. The number of hydrogen-bond donors (Lipinski definition) is 1. The molecule has 0 unspecified atom stereocenters. The molecule has 0 aliphatic rings. The lowest BCUT2D eigenvalue weighted by Crippen LogP contribution is -2.08. The van der Waals surface area contributed by atoms with Crippen LogP contribution in [0.4, 0.5) is 5.95 Å². The summed E-state index contributed by atoms with van der Waals surface area (Å²) >= 11 is 9.21.